The molecule has 1 saturated carbocycles. The van der Waals surface area contributed by atoms with Gasteiger partial charge in [-0.25, -0.2) is 4.79 Å². The van der Waals surface area contributed by atoms with E-state index in [2.05, 4.69) is 5.32 Å². The maximum absolute atomic E-state index is 12.1. The van der Waals surface area contributed by atoms with E-state index in [9.17, 15) is 9.90 Å². The third kappa shape index (κ3) is 4.80. The van der Waals surface area contributed by atoms with Gasteiger partial charge in [0.1, 0.15) is 0 Å². The van der Waals surface area contributed by atoms with Crippen LogP contribution in [0.3, 0.4) is 0 Å². The van der Waals surface area contributed by atoms with Crippen LogP contribution in [0.4, 0.5) is 10.5 Å². The van der Waals surface area contributed by atoms with Crippen LogP contribution in [0.25, 0.3) is 0 Å². The first-order valence-electron chi connectivity index (χ1n) is 6.98. The summed E-state index contributed by atoms with van der Waals surface area (Å²) < 4.78 is 0. The third-order valence-electron chi connectivity index (χ3n) is 3.57. The van der Waals surface area contributed by atoms with Crippen molar-refractivity contribution in [2.45, 2.75) is 24.7 Å². The molecule has 21 heavy (non-hydrogen) atoms. The molecule has 4 nitrogen and oxygen atoms in total. The summed E-state index contributed by atoms with van der Waals surface area (Å²) in [6.45, 7) is 0.363. The number of anilines is 1. The van der Waals surface area contributed by atoms with E-state index in [4.69, 9.17) is 11.6 Å². The molecule has 2 amide bonds. The molecule has 1 aromatic rings. The summed E-state index contributed by atoms with van der Waals surface area (Å²) in [5.74, 6) is 1.17. The normalized spacial score (nSPS) is 15.6. The number of likely N-dealkylation sites (N-methyl/N-ethyl adjacent to an activating group) is 1. The number of thioether (sulfide) groups is 1. The maximum Gasteiger partial charge on any atom is 0.321 e. The Morgan fingerprint density at radius 2 is 2.29 bits per heavy atom. The topological polar surface area (TPSA) is 52.6 Å². The fraction of sp³-hybridized carbons (Fsp3) is 0.533. The zero-order valence-corrected chi connectivity index (χ0v) is 13.9. The number of aliphatic hydroxyl groups excluding tert-OH is 1. The van der Waals surface area contributed by atoms with Crippen LogP contribution in [0.1, 0.15) is 18.4 Å². The van der Waals surface area contributed by atoms with Crippen molar-refractivity contribution < 1.29 is 9.90 Å². The highest BCUT2D eigenvalue weighted by atomic mass is 35.5. The number of nitrogens with one attached hydrogen (secondary N) is 1. The number of aliphatic hydroxyl groups is 1. The average Bonchev–Trinajstić information content (AvgIpc) is 3.27. The predicted molar refractivity (Wildman–Crippen MR) is 89.1 cm³/mol. The largest absolute Gasteiger partial charge is 0.391 e. The second-order valence-electron chi connectivity index (χ2n) is 5.45. The molecular weight excluding hydrogens is 308 g/mol. The van der Waals surface area contributed by atoms with Gasteiger partial charge in [-0.1, -0.05) is 11.6 Å². The molecule has 0 spiro atoms. The molecule has 0 heterocycles. The summed E-state index contributed by atoms with van der Waals surface area (Å²) in [4.78, 5) is 13.6. The third-order valence-corrected chi connectivity index (χ3v) is 4.54. The summed E-state index contributed by atoms with van der Waals surface area (Å²) in [6, 6.07) is 5.26. The molecule has 116 valence electrons. The van der Waals surface area contributed by atoms with Gasteiger partial charge in [0.05, 0.1) is 6.10 Å². The molecule has 1 fully saturated rings. The Labute approximate surface area is 134 Å². The van der Waals surface area contributed by atoms with Crippen molar-refractivity contribution in [3.05, 3.63) is 28.8 Å². The summed E-state index contributed by atoms with van der Waals surface area (Å²) in [5.41, 5.74) is 1.73. The molecule has 0 bridgehead atoms. The molecule has 0 saturated heterocycles. The molecule has 0 aliphatic heterocycles. The van der Waals surface area contributed by atoms with Crippen LogP contribution in [0, 0.1) is 5.92 Å². The van der Waals surface area contributed by atoms with E-state index in [-0.39, 0.29) is 6.03 Å². The maximum atomic E-state index is 12.1. The average molecular weight is 329 g/mol. The van der Waals surface area contributed by atoms with Crippen molar-refractivity contribution in [2.75, 3.05) is 25.2 Å². The van der Waals surface area contributed by atoms with Crippen molar-refractivity contribution >= 4 is 35.1 Å². The lowest BCUT2D eigenvalue weighted by molar-refractivity contribution is 0.117. The molecule has 1 aromatic carbocycles. The molecule has 1 atom stereocenters. The Bertz CT molecular complexity index is 508. The lowest BCUT2D eigenvalue weighted by Crippen LogP contribution is -2.38. The Balaban J connectivity index is 1.93. The number of hydrogen-bond donors (Lipinski definition) is 2. The van der Waals surface area contributed by atoms with Crippen LogP contribution < -0.4 is 5.32 Å². The molecule has 0 aromatic heterocycles. The van der Waals surface area contributed by atoms with Crippen LogP contribution in [-0.4, -0.2) is 42.0 Å². The first-order chi connectivity index (χ1) is 10.0. The van der Waals surface area contributed by atoms with Crippen LogP contribution in [0.15, 0.2) is 18.2 Å². The molecule has 0 radical (unpaired) electrons. The van der Waals surface area contributed by atoms with Crippen molar-refractivity contribution in [1.29, 1.82) is 0 Å². The summed E-state index contributed by atoms with van der Waals surface area (Å²) in [6.07, 6.45) is 3.71. The van der Waals surface area contributed by atoms with Gasteiger partial charge in [0.2, 0.25) is 0 Å². The molecule has 2 N–H and O–H groups in total. The second-order valence-corrected chi connectivity index (χ2v) is 6.73. The number of hydrogen-bond acceptors (Lipinski definition) is 3. The van der Waals surface area contributed by atoms with E-state index in [1.54, 1.807) is 30.9 Å². The zero-order valence-electron chi connectivity index (χ0n) is 12.3. The van der Waals surface area contributed by atoms with Gasteiger partial charge in [-0.2, -0.15) is 11.8 Å². The Morgan fingerprint density at radius 1 is 1.57 bits per heavy atom. The smallest absolute Gasteiger partial charge is 0.321 e. The molecule has 2 rings (SSSR count). The number of nitrogens with zero attached hydrogens (tertiary/aromatic N) is 1. The van der Waals surface area contributed by atoms with E-state index in [1.165, 1.54) is 4.90 Å². The SMILES string of the molecule is CSCc1cc(NC(=O)N(C)C[C@H](O)C2CC2)ccc1Cl. The van der Waals surface area contributed by atoms with Crippen molar-refractivity contribution in [3.8, 4) is 0 Å². The summed E-state index contributed by atoms with van der Waals surface area (Å²) in [7, 11) is 1.69. The minimum absolute atomic E-state index is 0.216. The first kappa shape index (κ1) is 16.5. The van der Waals surface area contributed by atoms with Gasteiger partial charge in [-0.05, 0) is 48.8 Å². The van der Waals surface area contributed by atoms with Gasteiger partial charge >= 0.3 is 6.03 Å². The van der Waals surface area contributed by atoms with Crippen LogP contribution >= 0.6 is 23.4 Å². The van der Waals surface area contributed by atoms with Crippen molar-refractivity contribution in [2.24, 2.45) is 5.92 Å². The number of amides is 2. The van der Waals surface area contributed by atoms with Crippen LogP contribution in [-0.2, 0) is 5.75 Å². The van der Waals surface area contributed by atoms with Gasteiger partial charge in [0.25, 0.3) is 0 Å². The van der Waals surface area contributed by atoms with Crippen LogP contribution in [0.2, 0.25) is 5.02 Å². The van der Waals surface area contributed by atoms with Crippen LogP contribution in [0.5, 0.6) is 0 Å². The highest BCUT2D eigenvalue weighted by Gasteiger charge is 2.31. The molecule has 1 aliphatic rings. The Morgan fingerprint density at radius 3 is 2.90 bits per heavy atom. The minimum Gasteiger partial charge on any atom is -0.391 e. The summed E-state index contributed by atoms with van der Waals surface area (Å²) >= 11 is 7.80. The first-order valence-corrected chi connectivity index (χ1v) is 8.76. The molecule has 1 aliphatic carbocycles. The van der Waals surface area contributed by atoms with Gasteiger partial charge in [-0.15, -0.1) is 0 Å². The lowest BCUT2D eigenvalue weighted by Gasteiger charge is -2.21. The van der Waals surface area contributed by atoms with E-state index in [0.29, 0.717) is 17.5 Å². The number of carbonyl (C=O) groups excluding carboxylic acids is 1. The number of benzene rings is 1. The standard InChI is InChI=1S/C15H21ClN2O2S/c1-18(8-14(19)10-3-4-10)15(20)17-12-5-6-13(16)11(7-12)9-21-2/h5-7,10,14,19H,3-4,8-9H2,1-2H3,(H,17,20)/t14-/m0/s1. The van der Waals surface area contributed by atoms with Gasteiger partial charge in [-0.3, -0.25) is 0 Å². The Hall–Kier alpha value is -0.910. The van der Waals surface area contributed by atoms with Gasteiger partial charge in [0, 0.05) is 30.1 Å². The number of urea groups is 1. The van der Waals surface area contributed by atoms with E-state index in [0.717, 1.165) is 29.8 Å². The number of carbonyl (C=O) groups is 1. The molecule has 0 unspecified atom stereocenters. The zero-order chi connectivity index (χ0) is 15.4. The fourth-order valence-corrected chi connectivity index (χ4v) is 2.94. The van der Waals surface area contributed by atoms with E-state index < -0.39 is 6.10 Å². The second kappa shape index (κ2) is 7.38. The fourth-order valence-electron chi connectivity index (χ4n) is 2.13. The van der Waals surface area contributed by atoms with E-state index >= 15 is 0 Å². The highest BCUT2D eigenvalue weighted by Crippen LogP contribution is 2.32. The quantitative estimate of drug-likeness (QED) is 0.841. The molecular formula is C15H21ClN2O2S. The molecule has 6 heteroatoms. The van der Waals surface area contributed by atoms with Gasteiger partial charge < -0.3 is 15.3 Å². The minimum atomic E-state index is -0.418. The Kier molecular flexibility index (Phi) is 5.79. The monoisotopic (exact) mass is 328 g/mol. The van der Waals surface area contributed by atoms with E-state index in [1.807, 2.05) is 12.3 Å². The number of halogens is 1. The lowest BCUT2D eigenvalue weighted by atomic mass is 10.2. The van der Waals surface area contributed by atoms with Gasteiger partial charge in [0.15, 0.2) is 0 Å². The number of rotatable bonds is 6. The van der Waals surface area contributed by atoms with Crippen molar-refractivity contribution in [3.63, 3.8) is 0 Å². The van der Waals surface area contributed by atoms with Crippen molar-refractivity contribution in [1.82, 2.24) is 4.90 Å². The highest BCUT2D eigenvalue weighted by molar-refractivity contribution is 7.97. The predicted octanol–water partition coefficient (Wildman–Crippen LogP) is 3.44. The summed E-state index contributed by atoms with van der Waals surface area (Å²) in [5, 5.41) is 13.4.